The van der Waals surface area contributed by atoms with Gasteiger partial charge in [-0.15, -0.1) is 11.3 Å². The van der Waals surface area contributed by atoms with Crippen molar-refractivity contribution >= 4 is 22.9 Å². The number of furan rings is 1. The molecule has 0 unspecified atom stereocenters. The van der Waals surface area contributed by atoms with Crippen molar-refractivity contribution in [2.24, 2.45) is 0 Å². The Morgan fingerprint density at radius 2 is 1.93 bits per heavy atom. The van der Waals surface area contributed by atoms with Gasteiger partial charge in [-0.05, 0) is 37.1 Å². The van der Waals surface area contributed by atoms with Crippen LogP contribution in [-0.2, 0) is 11.2 Å². The lowest BCUT2D eigenvalue weighted by molar-refractivity contribution is -0.115. The van der Waals surface area contributed by atoms with Crippen molar-refractivity contribution in [3.63, 3.8) is 0 Å². The maximum absolute atomic E-state index is 12.4. The summed E-state index contributed by atoms with van der Waals surface area (Å²) in [5, 5.41) is 5.54. The van der Waals surface area contributed by atoms with Gasteiger partial charge < -0.3 is 19.2 Å². The normalized spacial score (nSPS) is 10.6. The van der Waals surface area contributed by atoms with Crippen LogP contribution in [0, 0.1) is 0 Å². The Morgan fingerprint density at radius 1 is 1.14 bits per heavy atom. The number of rotatable bonds is 10. The van der Waals surface area contributed by atoms with Crippen LogP contribution >= 0.6 is 11.3 Å². The molecule has 2 aromatic heterocycles. The van der Waals surface area contributed by atoms with Crippen LogP contribution in [0.2, 0.25) is 0 Å². The molecule has 0 spiro atoms. The molecule has 28 heavy (non-hydrogen) atoms. The summed E-state index contributed by atoms with van der Waals surface area (Å²) in [6, 6.07) is 9.11. The van der Waals surface area contributed by atoms with Gasteiger partial charge in [0.15, 0.2) is 22.3 Å². The van der Waals surface area contributed by atoms with Crippen molar-refractivity contribution in [2.75, 3.05) is 18.5 Å². The molecule has 0 fully saturated rings. The van der Waals surface area contributed by atoms with E-state index in [1.54, 1.807) is 12.3 Å². The molecule has 7 heteroatoms. The van der Waals surface area contributed by atoms with E-state index in [2.05, 4.69) is 17.2 Å². The Hall–Kier alpha value is -2.80. The average Bonchev–Trinajstić information content (AvgIpc) is 3.37. The second kappa shape index (κ2) is 9.94. The predicted octanol–water partition coefficient (Wildman–Crippen LogP) is 5.16. The van der Waals surface area contributed by atoms with E-state index in [1.807, 2.05) is 36.6 Å². The van der Waals surface area contributed by atoms with Gasteiger partial charge in [0, 0.05) is 17.1 Å². The van der Waals surface area contributed by atoms with Crippen LogP contribution in [0.4, 0.5) is 5.69 Å². The minimum Gasteiger partial charge on any atom is -0.490 e. The highest BCUT2D eigenvalue weighted by molar-refractivity contribution is 7.13. The molecule has 6 nitrogen and oxygen atoms in total. The van der Waals surface area contributed by atoms with E-state index in [0.29, 0.717) is 41.9 Å². The Kier molecular flexibility index (Phi) is 7.08. The molecule has 3 rings (SSSR count). The number of anilines is 1. The monoisotopic (exact) mass is 400 g/mol. The van der Waals surface area contributed by atoms with Crippen molar-refractivity contribution < 1.29 is 18.7 Å². The first-order chi connectivity index (χ1) is 13.7. The number of amides is 1. The fourth-order valence-electron chi connectivity index (χ4n) is 2.51. The first kappa shape index (κ1) is 19.9. The number of benzene rings is 1. The van der Waals surface area contributed by atoms with Crippen molar-refractivity contribution in [1.82, 2.24) is 4.98 Å². The van der Waals surface area contributed by atoms with Crippen LogP contribution in [-0.4, -0.2) is 24.1 Å². The van der Waals surface area contributed by atoms with Gasteiger partial charge in [-0.3, -0.25) is 4.79 Å². The highest BCUT2D eigenvalue weighted by atomic mass is 32.1. The quantitative estimate of drug-likeness (QED) is 0.509. The zero-order valence-electron chi connectivity index (χ0n) is 16.1. The summed E-state index contributed by atoms with van der Waals surface area (Å²) >= 11 is 1.46. The van der Waals surface area contributed by atoms with E-state index >= 15 is 0 Å². The molecule has 1 amide bonds. The number of hydrogen-bond acceptors (Lipinski definition) is 6. The van der Waals surface area contributed by atoms with E-state index in [1.165, 1.54) is 11.3 Å². The minimum absolute atomic E-state index is 0.139. The molecular formula is C21H24N2O4S. The molecule has 1 aromatic carbocycles. The van der Waals surface area contributed by atoms with Crippen molar-refractivity contribution in [1.29, 1.82) is 0 Å². The third-order valence-electron chi connectivity index (χ3n) is 3.78. The summed E-state index contributed by atoms with van der Waals surface area (Å²) in [5.74, 6) is 1.90. The third-order valence-corrected chi connectivity index (χ3v) is 4.68. The van der Waals surface area contributed by atoms with E-state index < -0.39 is 0 Å². The molecule has 148 valence electrons. The van der Waals surface area contributed by atoms with Crippen LogP contribution in [0.1, 0.15) is 32.4 Å². The van der Waals surface area contributed by atoms with Crippen LogP contribution in [0.15, 0.2) is 46.4 Å². The summed E-state index contributed by atoms with van der Waals surface area (Å²) in [5.41, 5.74) is 1.38. The predicted molar refractivity (Wildman–Crippen MR) is 110 cm³/mol. The number of carbonyl (C=O) groups excluding carboxylic acids is 1. The van der Waals surface area contributed by atoms with Crippen LogP contribution in [0.25, 0.3) is 10.8 Å². The van der Waals surface area contributed by atoms with Gasteiger partial charge in [0.2, 0.25) is 5.91 Å². The summed E-state index contributed by atoms with van der Waals surface area (Å²) in [6.45, 7) is 5.31. The smallest absolute Gasteiger partial charge is 0.230 e. The van der Waals surface area contributed by atoms with Gasteiger partial charge in [-0.25, -0.2) is 4.98 Å². The van der Waals surface area contributed by atoms with Gasteiger partial charge in [0.05, 0.1) is 31.6 Å². The number of ether oxygens (including phenoxy) is 2. The lowest BCUT2D eigenvalue weighted by Crippen LogP contribution is -2.14. The van der Waals surface area contributed by atoms with Crippen molar-refractivity contribution in [3.05, 3.63) is 47.7 Å². The number of nitrogens with zero attached hydrogens (tertiary/aromatic N) is 1. The average molecular weight is 401 g/mol. The molecule has 1 N–H and O–H groups in total. The lowest BCUT2D eigenvalue weighted by atomic mass is 10.2. The molecule has 0 radical (unpaired) electrons. The standard InChI is InChI=1S/C21H24N2O4S/c1-3-9-25-17-8-7-15(12-19(17)26-10-4-2)22-20(24)13-16-14-28-21(23-16)18-6-5-11-27-18/h5-8,11-12,14H,3-4,9-10,13H2,1-2H3,(H,22,24). The number of thiazole rings is 1. The molecule has 0 atom stereocenters. The van der Waals surface area contributed by atoms with Crippen LogP contribution < -0.4 is 14.8 Å². The van der Waals surface area contributed by atoms with Gasteiger partial charge >= 0.3 is 0 Å². The highest BCUT2D eigenvalue weighted by Gasteiger charge is 2.12. The van der Waals surface area contributed by atoms with Crippen molar-refractivity contribution in [3.8, 4) is 22.3 Å². The Morgan fingerprint density at radius 3 is 2.64 bits per heavy atom. The highest BCUT2D eigenvalue weighted by Crippen LogP contribution is 2.31. The zero-order chi connectivity index (χ0) is 19.8. The summed E-state index contributed by atoms with van der Waals surface area (Å²) in [7, 11) is 0. The maximum Gasteiger partial charge on any atom is 0.230 e. The zero-order valence-corrected chi connectivity index (χ0v) is 16.9. The van der Waals surface area contributed by atoms with E-state index in [4.69, 9.17) is 13.9 Å². The number of nitrogens with one attached hydrogen (secondary N) is 1. The Labute approximate surface area is 168 Å². The Bertz CT molecular complexity index is 890. The third kappa shape index (κ3) is 5.36. The van der Waals surface area contributed by atoms with Gasteiger partial charge in [0.1, 0.15) is 0 Å². The maximum atomic E-state index is 12.4. The summed E-state index contributed by atoms with van der Waals surface area (Å²) < 4.78 is 16.8. The fourth-order valence-corrected chi connectivity index (χ4v) is 3.30. The molecule has 0 saturated carbocycles. The van der Waals surface area contributed by atoms with Crippen LogP contribution in [0.3, 0.4) is 0 Å². The molecule has 2 heterocycles. The molecule has 3 aromatic rings. The van der Waals surface area contributed by atoms with Crippen LogP contribution in [0.5, 0.6) is 11.5 Å². The lowest BCUT2D eigenvalue weighted by Gasteiger charge is -2.14. The Balaban J connectivity index is 1.64. The summed E-state index contributed by atoms with van der Waals surface area (Å²) in [4.78, 5) is 16.9. The molecule has 0 aliphatic carbocycles. The second-order valence-electron chi connectivity index (χ2n) is 6.20. The number of carbonyl (C=O) groups is 1. The fraction of sp³-hybridized carbons (Fsp3) is 0.333. The largest absolute Gasteiger partial charge is 0.490 e. The topological polar surface area (TPSA) is 73.6 Å². The minimum atomic E-state index is -0.139. The molecule has 0 aliphatic heterocycles. The van der Waals surface area contributed by atoms with Gasteiger partial charge in [-0.2, -0.15) is 0 Å². The van der Waals surface area contributed by atoms with E-state index in [-0.39, 0.29) is 12.3 Å². The molecular weight excluding hydrogens is 376 g/mol. The van der Waals surface area contributed by atoms with Crippen molar-refractivity contribution in [2.45, 2.75) is 33.1 Å². The van der Waals surface area contributed by atoms with E-state index in [9.17, 15) is 4.79 Å². The second-order valence-corrected chi connectivity index (χ2v) is 7.06. The first-order valence-electron chi connectivity index (χ1n) is 9.37. The SMILES string of the molecule is CCCOc1ccc(NC(=O)Cc2csc(-c3ccco3)n2)cc1OCCC. The first-order valence-corrected chi connectivity index (χ1v) is 10.2. The number of aromatic nitrogens is 1. The molecule has 0 saturated heterocycles. The number of hydrogen-bond donors (Lipinski definition) is 1. The molecule has 0 bridgehead atoms. The van der Waals surface area contributed by atoms with Gasteiger partial charge in [0.25, 0.3) is 0 Å². The summed E-state index contributed by atoms with van der Waals surface area (Å²) in [6.07, 6.45) is 3.61. The van der Waals surface area contributed by atoms with Gasteiger partial charge in [-0.1, -0.05) is 13.8 Å². The molecule has 0 aliphatic rings. The van der Waals surface area contributed by atoms with E-state index in [0.717, 1.165) is 17.8 Å².